The van der Waals surface area contributed by atoms with E-state index in [1.165, 1.54) is 17.6 Å². The van der Waals surface area contributed by atoms with Gasteiger partial charge in [-0.1, -0.05) is 51.5 Å². The van der Waals surface area contributed by atoms with Crippen LogP contribution in [-0.2, 0) is 30.3 Å². The van der Waals surface area contributed by atoms with Crippen molar-refractivity contribution in [2.24, 2.45) is 0 Å². The summed E-state index contributed by atoms with van der Waals surface area (Å²) in [6.07, 6.45) is 8.91. The molecule has 0 aliphatic heterocycles. The molecule has 0 saturated carbocycles. The van der Waals surface area contributed by atoms with Crippen LogP contribution in [0.2, 0.25) is 0 Å². The lowest BCUT2D eigenvalue weighted by Crippen LogP contribution is -2.24. The monoisotopic (exact) mass is 510 g/mol. The number of oxazole rings is 1. The number of thioether (sulfide) groups is 1. The Bertz CT molecular complexity index is 907. The van der Waals surface area contributed by atoms with Gasteiger partial charge in [-0.05, 0) is 12.8 Å². The topological polar surface area (TPSA) is 116 Å². The maximum Gasteiger partial charge on any atom is 0.243 e. The molecule has 2 aromatic heterocycles. The minimum atomic E-state index is -0.161. The number of amides is 2. The summed E-state index contributed by atoms with van der Waals surface area (Å²) in [5, 5.41) is 3.44. The Hall–Kier alpha value is -2.37. The fourth-order valence-electron chi connectivity index (χ4n) is 2.70. The van der Waals surface area contributed by atoms with E-state index in [1.807, 2.05) is 0 Å². The lowest BCUT2D eigenvalue weighted by atomic mass is 9.94. The summed E-state index contributed by atoms with van der Waals surface area (Å²) in [5.74, 6) is 1.94. The third-order valence-corrected chi connectivity index (χ3v) is 6.62. The van der Waals surface area contributed by atoms with Gasteiger partial charge in [0.2, 0.25) is 17.7 Å². The molecule has 0 radical (unpaired) electrons. The Balaban J connectivity index is 1.54. The number of carbonyl (C=O) groups is 2. The smallest absolute Gasteiger partial charge is 0.243 e. The number of ether oxygens (including phenoxy) is 1. The number of nitrogens with zero attached hydrogens (tertiary/aromatic N) is 2. The number of aromatic nitrogens is 2. The van der Waals surface area contributed by atoms with Gasteiger partial charge < -0.3 is 14.5 Å². The third kappa shape index (κ3) is 11.2. The molecule has 2 amide bonds. The molecule has 0 fully saturated rings. The van der Waals surface area contributed by atoms with Crippen molar-refractivity contribution in [3.63, 3.8) is 0 Å². The summed E-state index contributed by atoms with van der Waals surface area (Å²) >= 11 is 3.02. The highest BCUT2D eigenvalue weighted by Crippen LogP contribution is 2.31. The lowest BCUT2D eigenvalue weighted by Gasteiger charge is -2.12. The van der Waals surface area contributed by atoms with Gasteiger partial charge in [-0.15, -0.1) is 11.8 Å². The Kier molecular flexibility index (Phi) is 12.1. The minimum absolute atomic E-state index is 0.0543. The average molecular weight is 511 g/mol. The number of hydrogen-bond acceptors (Lipinski definition) is 9. The van der Waals surface area contributed by atoms with Gasteiger partial charge in [0.25, 0.3) is 0 Å². The first-order valence-corrected chi connectivity index (χ1v) is 13.0. The van der Waals surface area contributed by atoms with Crippen molar-refractivity contribution in [3.8, 4) is 0 Å². The Morgan fingerprint density at radius 3 is 2.53 bits per heavy atom. The molecule has 0 spiro atoms. The fraction of sp³-hybridized carbons (Fsp3) is 0.565. The van der Waals surface area contributed by atoms with E-state index < -0.39 is 0 Å². The predicted molar refractivity (Wildman–Crippen MR) is 133 cm³/mol. The number of anilines is 1. The van der Waals surface area contributed by atoms with E-state index >= 15 is 0 Å². The molecular weight excluding hydrogens is 476 g/mol. The number of rotatable bonds is 16. The lowest BCUT2D eigenvalue weighted by molar-refractivity contribution is -0.134. The van der Waals surface area contributed by atoms with Crippen LogP contribution in [0.4, 0.5) is 5.13 Å². The van der Waals surface area contributed by atoms with Crippen molar-refractivity contribution in [1.82, 2.24) is 15.4 Å². The van der Waals surface area contributed by atoms with Crippen molar-refractivity contribution >= 4 is 40.0 Å². The number of unbranched alkanes of at least 4 members (excludes halogenated alkanes) is 3. The molecular formula is C23H34N4O5S2. The number of hydroxylamine groups is 1. The molecule has 2 aromatic rings. The van der Waals surface area contributed by atoms with Crippen LogP contribution < -0.4 is 10.8 Å². The Morgan fingerprint density at radius 1 is 1.12 bits per heavy atom. The highest BCUT2D eigenvalue weighted by Gasteiger charge is 2.19. The van der Waals surface area contributed by atoms with Crippen LogP contribution >= 0.6 is 23.1 Å². The molecule has 0 aromatic carbocycles. The molecule has 0 aliphatic rings. The number of thiazole rings is 1. The SMILES string of the molecule is C=COCCONC(=O)CCCCCCC(=O)Nc1ncc(SCc2ncc(C(C)(C)C)o2)s1. The van der Waals surface area contributed by atoms with Crippen LogP contribution in [0.5, 0.6) is 0 Å². The minimum Gasteiger partial charge on any atom is -0.499 e. The van der Waals surface area contributed by atoms with Gasteiger partial charge >= 0.3 is 0 Å². The van der Waals surface area contributed by atoms with E-state index in [2.05, 4.69) is 48.1 Å². The van der Waals surface area contributed by atoms with Crippen molar-refractivity contribution in [2.45, 2.75) is 74.7 Å². The highest BCUT2D eigenvalue weighted by molar-refractivity contribution is 8.00. The molecule has 188 valence electrons. The molecule has 2 heterocycles. The van der Waals surface area contributed by atoms with Crippen LogP contribution in [0.25, 0.3) is 0 Å². The first-order chi connectivity index (χ1) is 16.3. The third-order valence-electron chi connectivity index (χ3n) is 4.53. The van der Waals surface area contributed by atoms with Crippen molar-refractivity contribution in [1.29, 1.82) is 0 Å². The standard InChI is InChI=1S/C23H34N4O5S2/c1-5-30-12-13-31-27-19(29)11-9-7-6-8-10-18(28)26-22-25-15-21(34-22)33-16-20-24-14-17(32-20)23(2,3)4/h5,14-15H,1,6-13,16H2,2-4H3,(H,27,29)(H,25,26,28). The fourth-order valence-corrected chi connectivity index (χ4v) is 4.44. The first kappa shape index (κ1) is 27.9. The molecule has 9 nitrogen and oxygen atoms in total. The summed E-state index contributed by atoms with van der Waals surface area (Å²) in [7, 11) is 0. The molecule has 2 rings (SSSR count). The second-order valence-corrected chi connectivity index (χ2v) is 10.8. The van der Waals surface area contributed by atoms with Gasteiger partial charge in [0.05, 0.1) is 28.6 Å². The predicted octanol–water partition coefficient (Wildman–Crippen LogP) is 5.21. The van der Waals surface area contributed by atoms with E-state index in [0.29, 0.717) is 36.2 Å². The van der Waals surface area contributed by atoms with Gasteiger partial charge in [0.1, 0.15) is 19.0 Å². The number of carbonyl (C=O) groups excluding carboxylic acids is 2. The molecule has 0 bridgehead atoms. The molecule has 11 heteroatoms. The van der Waals surface area contributed by atoms with Crippen LogP contribution in [0.3, 0.4) is 0 Å². The zero-order valence-electron chi connectivity index (χ0n) is 20.1. The number of nitrogens with one attached hydrogen (secondary N) is 2. The van der Waals surface area contributed by atoms with E-state index in [9.17, 15) is 9.59 Å². The van der Waals surface area contributed by atoms with Crippen LogP contribution in [0.1, 0.15) is 70.9 Å². The normalized spacial score (nSPS) is 11.3. The maximum absolute atomic E-state index is 12.2. The maximum atomic E-state index is 12.2. The molecule has 0 atom stereocenters. The largest absolute Gasteiger partial charge is 0.499 e. The average Bonchev–Trinajstić information content (AvgIpc) is 3.44. The van der Waals surface area contributed by atoms with Crippen molar-refractivity contribution in [2.75, 3.05) is 18.5 Å². The number of hydrogen-bond donors (Lipinski definition) is 2. The summed E-state index contributed by atoms with van der Waals surface area (Å²) in [5.41, 5.74) is 2.30. The van der Waals surface area contributed by atoms with Gasteiger partial charge in [0, 0.05) is 18.3 Å². The zero-order valence-corrected chi connectivity index (χ0v) is 21.7. The van der Waals surface area contributed by atoms with Crippen molar-refractivity contribution in [3.05, 3.63) is 36.9 Å². The van der Waals surface area contributed by atoms with Crippen molar-refractivity contribution < 1.29 is 23.6 Å². The van der Waals surface area contributed by atoms with E-state index in [-0.39, 0.29) is 23.8 Å². The molecule has 2 N–H and O–H groups in total. The molecule has 0 aliphatic carbocycles. The molecule has 0 unspecified atom stereocenters. The van der Waals surface area contributed by atoms with Crippen LogP contribution in [0.15, 0.2) is 33.9 Å². The van der Waals surface area contributed by atoms with Crippen LogP contribution in [0, 0.1) is 0 Å². The van der Waals surface area contributed by atoms with Crippen LogP contribution in [-0.4, -0.2) is 35.0 Å². The van der Waals surface area contributed by atoms with Gasteiger partial charge in [-0.2, -0.15) is 0 Å². The second-order valence-electron chi connectivity index (χ2n) is 8.51. The Morgan fingerprint density at radius 2 is 1.85 bits per heavy atom. The first-order valence-electron chi connectivity index (χ1n) is 11.2. The van der Waals surface area contributed by atoms with Gasteiger partial charge in [0.15, 0.2) is 5.13 Å². The van der Waals surface area contributed by atoms with E-state index in [0.717, 1.165) is 35.7 Å². The second kappa shape index (κ2) is 14.8. The van der Waals surface area contributed by atoms with E-state index in [4.69, 9.17) is 14.0 Å². The summed E-state index contributed by atoms with van der Waals surface area (Å²) in [4.78, 5) is 37.4. The summed E-state index contributed by atoms with van der Waals surface area (Å²) in [6.45, 7) is 10.3. The van der Waals surface area contributed by atoms with Gasteiger partial charge in [-0.25, -0.2) is 15.4 Å². The zero-order chi connectivity index (χ0) is 24.8. The van der Waals surface area contributed by atoms with Gasteiger partial charge in [-0.3, -0.25) is 14.4 Å². The molecule has 0 saturated heterocycles. The Labute approximate surface area is 209 Å². The summed E-state index contributed by atoms with van der Waals surface area (Å²) in [6, 6.07) is 0. The highest BCUT2D eigenvalue weighted by atomic mass is 32.2. The van der Waals surface area contributed by atoms with E-state index in [1.54, 1.807) is 24.2 Å². The summed E-state index contributed by atoms with van der Waals surface area (Å²) < 4.78 is 11.7. The quantitative estimate of drug-likeness (QED) is 0.137. The molecule has 34 heavy (non-hydrogen) atoms.